The summed E-state index contributed by atoms with van der Waals surface area (Å²) in [5, 5.41) is 5.47. The van der Waals surface area contributed by atoms with Crippen molar-refractivity contribution in [2.24, 2.45) is 0 Å². The van der Waals surface area contributed by atoms with Gasteiger partial charge >= 0.3 is 0 Å². The van der Waals surface area contributed by atoms with Gasteiger partial charge in [-0.1, -0.05) is 24.4 Å². The Kier molecular flexibility index (Phi) is 2.70. The molecule has 1 heterocycles. The van der Waals surface area contributed by atoms with Gasteiger partial charge in [0.1, 0.15) is 11.0 Å². The monoisotopic (exact) mass is 234 g/mol. The van der Waals surface area contributed by atoms with E-state index in [0.717, 1.165) is 0 Å². The molecular weight excluding hydrogens is 224 g/mol. The van der Waals surface area contributed by atoms with E-state index in [-0.39, 0.29) is 11.7 Å². The topological polar surface area (TPSA) is 58.2 Å². The maximum Gasteiger partial charge on any atom is 0.217 e. The number of Topliss-reactive ketones (excluding diaryl/α,β-unsaturated/α-hetero) is 1. The van der Waals surface area contributed by atoms with Gasteiger partial charge in [0.05, 0.1) is 0 Å². The molecule has 0 spiro atoms. The minimum atomic E-state index is -0.748. The lowest BCUT2D eigenvalue weighted by Gasteiger charge is -2.25. The molecule has 1 amide bonds. The summed E-state index contributed by atoms with van der Waals surface area (Å²) < 4.78 is 0. The second-order valence-electron chi connectivity index (χ2n) is 3.53. The van der Waals surface area contributed by atoms with Gasteiger partial charge in [0.25, 0.3) is 0 Å². The van der Waals surface area contributed by atoms with Gasteiger partial charge in [0, 0.05) is 18.2 Å². The van der Waals surface area contributed by atoms with E-state index in [4.69, 9.17) is 12.2 Å². The molecule has 0 aromatic heterocycles. The molecule has 0 bridgehead atoms. The highest BCUT2D eigenvalue weighted by atomic mass is 32.1. The zero-order chi connectivity index (χ0) is 11.7. The van der Waals surface area contributed by atoms with Crippen LogP contribution in [0.4, 0.5) is 5.69 Å². The van der Waals surface area contributed by atoms with Gasteiger partial charge in [0.2, 0.25) is 5.91 Å². The molecule has 1 aromatic carbocycles. The fraction of sp³-hybridized carbons (Fsp3) is 0.182. The number of nitrogens with one attached hydrogen (secondary N) is 2. The number of hydrogen-bond donors (Lipinski definition) is 2. The predicted octanol–water partition coefficient (Wildman–Crippen LogP) is 1.13. The number of thiocarbonyl (C=S) groups is 1. The van der Waals surface area contributed by atoms with Crippen LogP contribution in [0, 0.1) is 0 Å². The Bertz CT molecular complexity index is 485. The Morgan fingerprint density at radius 3 is 2.81 bits per heavy atom. The number of hydrogen-bond acceptors (Lipinski definition) is 3. The first-order valence-corrected chi connectivity index (χ1v) is 5.21. The highest BCUT2D eigenvalue weighted by Crippen LogP contribution is 2.22. The molecule has 4 nitrogen and oxygen atoms in total. The first-order chi connectivity index (χ1) is 7.59. The van der Waals surface area contributed by atoms with E-state index in [2.05, 4.69) is 10.6 Å². The van der Waals surface area contributed by atoms with Gasteiger partial charge in [0.15, 0.2) is 5.78 Å². The molecule has 0 radical (unpaired) electrons. The van der Waals surface area contributed by atoms with E-state index in [9.17, 15) is 9.59 Å². The van der Waals surface area contributed by atoms with E-state index in [1.807, 2.05) is 6.07 Å². The minimum absolute atomic E-state index is 0.172. The largest absolute Gasteiger partial charge is 0.347 e. The second kappa shape index (κ2) is 4.02. The van der Waals surface area contributed by atoms with Crippen LogP contribution in [0.25, 0.3) is 0 Å². The number of ketones is 1. The Hall–Kier alpha value is -1.75. The summed E-state index contributed by atoms with van der Waals surface area (Å²) >= 11 is 5.05. The van der Waals surface area contributed by atoms with E-state index < -0.39 is 6.04 Å². The summed E-state index contributed by atoms with van der Waals surface area (Å²) in [4.78, 5) is 23.3. The summed E-state index contributed by atoms with van der Waals surface area (Å²) in [6.45, 7) is 1.36. The van der Waals surface area contributed by atoms with Gasteiger partial charge in [-0.3, -0.25) is 9.59 Å². The zero-order valence-electron chi connectivity index (χ0n) is 8.61. The van der Waals surface area contributed by atoms with Crippen molar-refractivity contribution in [3.8, 4) is 0 Å². The van der Waals surface area contributed by atoms with Crippen LogP contribution < -0.4 is 10.6 Å². The van der Waals surface area contributed by atoms with Crippen LogP contribution in [-0.4, -0.2) is 22.7 Å². The summed E-state index contributed by atoms with van der Waals surface area (Å²) in [7, 11) is 0. The quantitative estimate of drug-likeness (QED) is 0.715. The molecule has 82 valence electrons. The minimum Gasteiger partial charge on any atom is -0.347 e. The fourth-order valence-electron chi connectivity index (χ4n) is 1.62. The number of benzene rings is 1. The van der Waals surface area contributed by atoms with Gasteiger partial charge in [-0.05, 0) is 12.1 Å². The lowest BCUT2D eigenvalue weighted by atomic mass is 9.98. The number of carbonyl (C=O) groups is 2. The number of para-hydroxylation sites is 1. The molecular formula is C11H10N2O2S. The summed E-state index contributed by atoms with van der Waals surface area (Å²) in [5.74, 6) is -0.448. The molecule has 1 aliphatic rings. The van der Waals surface area contributed by atoms with E-state index in [1.165, 1.54) is 6.92 Å². The molecule has 0 fully saturated rings. The lowest BCUT2D eigenvalue weighted by Crippen LogP contribution is -2.50. The Morgan fingerprint density at radius 1 is 1.44 bits per heavy atom. The summed E-state index contributed by atoms with van der Waals surface area (Å²) in [6, 6.07) is 6.34. The molecule has 2 rings (SSSR count). The molecule has 1 aromatic rings. The molecule has 16 heavy (non-hydrogen) atoms. The number of fused-ring (bicyclic) bond motifs is 1. The van der Waals surface area contributed by atoms with Crippen molar-refractivity contribution in [3.05, 3.63) is 29.8 Å². The van der Waals surface area contributed by atoms with Crippen LogP contribution in [-0.2, 0) is 4.79 Å². The smallest absolute Gasteiger partial charge is 0.217 e. The van der Waals surface area contributed by atoms with Crippen LogP contribution in [0.15, 0.2) is 24.3 Å². The average Bonchev–Trinajstić information content (AvgIpc) is 2.24. The molecule has 0 aliphatic carbocycles. The molecule has 2 N–H and O–H groups in total. The SMILES string of the molecule is CC(=O)NC1C(=O)c2ccccc2NC1=S. The lowest BCUT2D eigenvalue weighted by molar-refractivity contribution is -0.119. The van der Waals surface area contributed by atoms with E-state index in [0.29, 0.717) is 16.2 Å². The number of carbonyl (C=O) groups excluding carboxylic acids is 2. The number of amides is 1. The van der Waals surface area contributed by atoms with Crippen LogP contribution >= 0.6 is 12.2 Å². The Labute approximate surface area is 98.0 Å². The molecule has 0 saturated carbocycles. The van der Waals surface area contributed by atoms with Crippen molar-refractivity contribution < 1.29 is 9.59 Å². The van der Waals surface area contributed by atoms with Crippen molar-refractivity contribution in [2.75, 3.05) is 5.32 Å². The number of anilines is 1. The summed E-state index contributed by atoms with van der Waals surface area (Å²) in [6.07, 6.45) is 0. The van der Waals surface area contributed by atoms with Crippen LogP contribution in [0.3, 0.4) is 0 Å². The maximum absolute atomic E-state index is 12.0. The van der Waals surface area contributed by atoms with E-state index >= 15 is 0 Å². The van der Waals surface area contributed by atoms with Gasteiger partial charge in [-0.25, -0.2) is 0 Å². The van der Waals surface area contributed by atoms with Crippen LogP contribution in [0.2, 0.25) is 0 Å². The predicted molar refractivity (Wildman–Crippen MR) is 64.6 cm³/mol. The van der Waals surface area contributed by atoms with Crippen molar-refractivity contribution in [1.82, 2.24) is 5.32 Å². The first kappa shape index (κ1) is 10.8. The zero-order valence-corrected chi connectivity index (χ0v) is 9.43. The molecule has 0 saturated heterocycles. The van der Waals surface area contributed by atoms with Crippen molar-refractivity contribution >= 4 is 34.6 Å². The third-order valence-corrected chi connectivity index (χ3v) is 2.66. The maximum atomic E-state index is 12.0. The highest BCUT2D eigenvalue weighted by molar-refractivity contribution is 7.80. The molecule has 1 atom stereocenters. The van der Waals surface area contributed by atoms with Crippen molar-refractivity contribution in [1.29, 1.82) is 0 Å². The van der Waals surface area contributed by atoms with Crippen molar-refractivity contribution in [3.63, 3.8) is 0 Å². The Morgan fingerprint density at radius 2 is 2.12 bits per heavy atom. The van der Waals surface area contributed by atoms with Crippen LogP contribution in [0.5, 0.6) is 0 Å². The molecule has 5 heteroatoms. The van der Waals surface area contributed by atoms with E-state index in [1.54, 1.807) is 18.2 Å². The fourth-order valence-corrected chi connectivity index (χ4v) is 1.90. The van der Waals surface area contributed by atoms with Gasteiger partial charge in [-0.15, -0.1) is 0 Å². The first-order valence-electron chi connectivity index (χ1n) is 4.81. The Balaban J connectivity index is 2.38. The van der Waals surface area contributed by atoms with Crippen molar-refractivity contribution in [2.45, 2.75) is 13.0 Å². The highest BCUT2D eigenvalue weighted by Gasteiger charge is 2.31. The summed E-state index contributed by atoms with van der Waals surface area (Å²) in [5.41, 5.74) is 1.24. The van der Waals surface area contributed by atoms with Gasteiger partial charge in [-0.2, -0.15) is 0 Å². The van der Waals surface area contributed by atoms with Crippen LogP contribution in [0.1, 0.15) is 17.3 Å². The normalized spacial score (nSPS) is 18.7. The molecule has 1 aliphatic heterocycles. The molecule has 1 unspecified atom stereocenters. The third kappa shape index (κ3) is 1.81. The number of rotatable bonds is 1. The second-order valence-corrected chi connectivity index (χ2v) is 3.97. The van der Waals surface area contributed by atoms with Gasteiger partial charge < -0.3 is 10.6 Å². The third-order valence-electron chi connectivity index (χ3n) is 2.32. The average molecular weight is 234 g/mol. The standard InChI is InChI=1S/C11H10N2O2S/c1-6(14)12-9-10(15)7-4-2-3-5-8(7)13-11(9)16/h2-5,9H,1H3,(H,12,14)(H,13,16).